The third-order valence-electron chi connectivity index (χ3n) is 3.47. The zero-order valence-electron chi connectivity index (χ0n) is 12.2. The van der Waals surface area contributed by atoms with E-state index < -0.39 is 0 Å². The van der Waals surface area contributed by atoms with E-state index in [1.54, 1.807) is 12.4 Å². The Hall–Kier alpha value is -3.34. The molecule has 2 heterocycles. The second-order valence-corrected chi connectivity index (χ2v) is 4.97. The Morgan fingerprint density at radius 1 is 0.696 bits per heavy atom. The van der Waals surface area contributed by atoms with E-state index in [-0.39, 0.29) is 0 Å². The van der Waals surface area contributed by atoms with Crippen LogP contribution in [0.2, 0.25) is 0 Å². The van der Waals surface area contributed by atoms with E-state index in [0.717, 1.165) is 17.2 Å². The van der Waals surface area contributed by atoms with Gasteiger partial charge in [-0.2, -0.15) is 0 Å². The third kappa shape index (κ3) is 2.60. The van der Waals surface area contributed by atoms with E-state index in [2.05, 4.69) is 24.8 Å². The molecule has 0 aliphatic carbocycles. The zero-order valence-corrected chi connectivity index (χ0v) is 12.2. The van der Waals surface area contributed by atoms with Crippen LogP contribution in [0.1, 0.15) is 0 Å². The number of hydrogen-bond donors (Lipinski definition) is 0. The first-order valence-corrected chi connectivity index (χ1v) is 7.25. The maximum atomic E-state index is 4.67. The average molecular weight is 299 g/mol. The molecule has 0 radical (unpaired) electrons. The van der Waals surface area contributed by atoms with Crippen LogP contribution in [-0.2, 0) is 0 Å². The van der Waals surface area contributed by atoms with Gasteiger partial charge in [-0.25, -0.2) is 19.9 Å². The van der Waals surface area contributed by atoms with E-state index >= 15 is 0 Å². The molecule has 4 rings (SSSR count). The predicted molar refractivity (Wildman–Crippen MR) is 89.8 cm³/mol. The summed E-state index contributed by atoms with van der Waals surface area (Å²) in [5.74, 6) is 0.727. The Kier molecular flexibility index (Phi) is 3.37. The van der Waals surface area contributed by atoms with Crippen molar-refractivity contribution in [2.24, 2.45) is 0 Å². The van der Waals surface area contributed by atoms with Crippen LogP contribution in [0.15, 0.2) is 79.4 Å². The molecule has 0 bridgehead atoms. The number of hydrogen-bond acceptors (Lipinski definition) is 5. The highest BCUT2D eigenvalue weighted by molar-refractivity contribution is 5.77. The summed E-state index contributed by atoms with van der Waals surface area (Å²) in [6.07, 6.45) is 4.88. The van der Waals surface area contributed by atoms with Crippen molar-refractivity contribution >= 4 is 28.4 Å². The van der Waals surface area contributed by atoms with Gasteiger partial charge in [0.15, 0.2) is 11.5 Å². The molecule has 4 aromatic rings. The fraction of sp³-hybridized carbons (Fsp3) is 0. The largest absolute Gasteiger partial charge is 0.294 e. The molecule has 0 aliphatic heterocycles. The molecule has 2 aromatic heterocycles. The van der Waals surface area contributed by atoms with Gasteiger partial charge in [-0.15, -0.1) is 0 Å². The van der Waals surface area contributed by atoms with E-state index in [9.17, 15) is 0 Å². The quantitative estimate of drug-likeness (QED) is 0.574. The SMILES string of the molecule is c1ccc(N(c2ccccc2)c2cnc3ncncc3n2)cc1. The van der Waals surface area contributed by atoms with E-state index in [1.165, 1.54) is 6.33 Å². The Morgan fingerprint density at radius 3 is 2.00 bits per heavy atom. The summed E-state index contributed by atoms with van der Waals surface area (Å²) in [5.41, 5.74) is 3.29. The van der Waals surface area contributed by atoms with Crippen molar-refractivity contribution in [1.82, 2.24) is 19.9 Å². The minimum atomic E-state index is 0.588. The lowest BCUT2D eigenvalue weighted by Crippen LogP contribution is -2.12. The van der Waals surface area contributed by atoms with Crippen molar-refractivity contribution in [2.45, 2.75) is 0 Å². The molecule has 0 unspecified atom stereocenters. The Balaban J connectivity index is 1.90. The fourth-order valence-corrected chi connectivity index (χ4v) is 2.44. The van der Waals surface area contributed by atoms with Crippen LogP contribution in [0.4, 0.5) is 17.2 Å². The summed E-state index contributed by atoms with van der Waals surface area (Å²) in [4.78, 5) is 19.3. The van der Waals surface area contributed by atoms with Crippen LogP contribution in [0.5, 0.6) is 0 Å². The van der Waals surface area contributed by atoms with Gasteiger partial charge >= 0.3 is 0 Å². The number of benzene rings is 2. The van der Waals surface area contributed by atoms with Crippen molar-refractivity contribution in [3.05, 3.63) is 79.4 Å². The lowest BCUT2D eigenvalue weighted by molar-refractivity contribution is 1.12. The molecule has 0 amide bonds. The lowest BCUT2D eigenvalue weighted by atomic mass is 10.2. The topological polar surface area (TPSA) is 54.8 Å². The van der Waals surface area contributed by atoms with Gasteiger partial charge in [-0.05, 0) is 24.3 Å². The van der Waals surface area contributed by atoms with Gasteiger partial charge in [-0.1, -0.05) is 36.4 Å². The van der Waals surface area contributed by atoms with Gasteiger partial charge in [0.05, 0.1) is 12.4 Å². The highest BCUT2D eigenvalue weighted by Gasteiger charge is 2.14. The highest BCUT2D eigenvalue weighted by atomic mass is 15.2. The fourth-order valence-electron chi connectivity index (χ4n) is 2.44. The first-order valence-electron chi connectivity index (χ1n) is 7.25. The molecular formula is C18H13N5. The second-order valence-electron chi connectivity index (χ2n) is 4.97. The molecule has 0 aliphatic rings. The van der Waals surface area contributed by atoms with E-state index in [4.69, 9.17) is 0 Å². The first kappa shape index (κ1) is 13.3. The van der Waals surface area contributed by atoms with Crippen LogP contribution < -0.4 is 4.90 Å². The number of anilines is 3. The lowest BCUT2D eigenvalue weighted by Gasteiger charge is -2.23. The van der Waals surface area contributed by atoms with Crippen LogP contribution in [0.25, 0.3) is 11.2 Å². The van der Waals surface area contributed by atoms with Gasteiger partial charge < -0.3 is 0 Å². The van der Waals surface area contributed by atoms with Gasteiger partial charge in [-0.3, -0.25) is 4.90 Å². The van der Waals surface area contributed by atoms with Gasteiger partial charge in [0.25, 0.3) is 0 Å². The summed E-state index contributed by atoms with van der Waals surface area (Å²) in [5, 5.41) is 0. The van der Waals surface area contributed by atoms with Crippen LogP contribution in [0, 0.1) is 0 Å². The molecule has 2 aromatic carbocycles. The summed E-state index contributed by atoms with van der Waals surface area (Å²) in [7, 11) is 0. The Morgan fingerprint density at radius 2 is 1.35 bits per heavy atom. The summed E-state index contributed by atoms with van der Waals surface area (Å²) in [6.45, 7) is 0. The first-order chi connectivity index (χ1) is 11.4. The molecule has 5 heteroatoms. The van der Waals surface area contributed by atoms with Crippen molar-refractivity contribution in [3.8, 4) is 0 Å². The van der Waals surface area contributed by atoms with Gasteiger partial charge in [0, 0.05) is 11.4 Å². The number of aromatic nitrogens is 4. The monoisotopic (exact) mass is 299 g/mol. The van der Waals surface area contributed by atoms with Crippen molar-refractivity contribution < 1.29 is 0 Å². The van der Waals surface area contributed by atoms with Crippen LogP contribution in [0.3, 0.4) is 0 Å². The maximum Gasteiger partial charge on any atom is 0.181 e. The third-order valence-corrected chi connectivity index (χ3v) is 3.47. The van der Waals surface area contributed by atoms with E-state index in [0.29, 0.717) is 11.2 Å². The molecule has 5 nitrogen and oxygen atoms in total. The van der Waals surface area contributed by atoms with E-state index in [1.807, 2.05) is 60.7 Å². The van der Waals surface area contributed by atoms with Crippen molar-refractivity contribution in [3.63, 3.8) is 0 Å². The summed E-state index contributed by atoms with van der Waals surface area (Å²) >= 11 is 0. The zero-order chi connectivity index (χ0) is 15.5. The summed E-state index contributed by atoms with van der Waals surface area (Å²) in [6, 6.07) is 20.2. The molecule has 0 fully saturated rings. The normalized spacial score (nSPS) is 10.6. The average Bonchev–Trinajstić information content (AvgIpc) is 2.64. The number of fused-ring (bicyclic) bond motifs is 1. The van der Waals surface area contributed by atoms with Crippen molar-refractivity contribution in [1.29, 1.82) is 0 Å². The minimum Gasteiger partial charge on any atom is -0.294 e. The molecular weight excluding hydrogens is 286 g/mol. The van der Waals surface area contributed by atoms with Crippen LogP contribution >= 0.6 is 0 Å². The predicted octanol–water partition coefficient (Wildman–Crippen LogP) is 3.89. The molecule has 0 spiro atoms. The standard InChI is InChI=1S/C18H13N5/c1-3-7-14(8-4-1)23(15-9-5-2-6-10-15)17-12-20-18-16(22-17)11-19-13-21-18/h1-13H. The van der Waals surface area contributed by atoms with Gasteiger partial charge in [0.1, 0.15) is 11.8 Å². The number of para-hydroxylation sites is 2. The smallest absolute Gasteiger partial charge is 0.181 e. The maximum absolute atomic E-state index is 4.67. The van der Waals surface area contributed by atoms with Crippen LogP contribution in [-0.4, -0.2) is 19.9 Å². The Labute approximate surface area is 133 Å². The molecule has 23 heavy (non-hydrogen) atoms. The molecule has 0 saturated carbocycles. The highest BCUT2D eigenvalue weighted by Crippen LogP contribution is 2.32. The molecule has 0 saturated heterocycles. The summed E-state index contributed by atoms with van der Waals surface area (Å²) < 4.78 is 0. The molecule has 110 valence electrons. The second kappa shape index (κ2) is 5.81. The minimum absolute atomic E-state index is 0.588. The molecule has 0 N–H and O–H groups in total. The molecule has 0 atom stereocenters. The Bertz CT molecular complexity index is 886. The number of nitrogens with zero attached hydrogens (tertiary/aromatic N) is 5. The number of rotatable bonds is 3. The van der Waals surface area contributed by atoms with Crippen molar-refractivity contribution in [2.75, 3.05) is 4.90 Å². The van der Waals surface area contributed by atoms with Gasteiger partial charge in [0.2, 0.25) is 0 Å².